The van der Waals surface area contributed by atoms with Gasteiger partial charge in [-0.3, -0.25) is 4.79 Å². The normalized spacial score (nSPS) is 28.8. The van der Waals surface area contributed by atoms with Gasteiger partial charge in [0.05, 0.1) is 4.90 Å². The summed E-state index contributed by atoms with van der Waals surface area (Å²) in [6, 6.07) is 14.0. The molecule has 0 bridgehead atoms. The molecule has 4 aliphatic carbocycles. The second kappa shape index (κ2) is 10.7. The summed E-state index contributed by atoms with van der Waals surface area (Å²) >= 11 is 0. The summed E-state index contributed by atoms with van der Waals surface area (Å²) in [7, 11) is -3.36. The van der Waals surface area contributed by atoms with Crippen molar-refractivity contribution in [3.05, 3.63) is 88.0 Å². The number of sulfone groups is 1. The van der Waals surface area contributed by atoms with Gasteiger partial charge in [-0.25, -0.2) is 8.42 Å². The summed E-state index contributed by atoms with van der Waals surface area (Å²) in [5.41, 5.74) is 4.28. The number of hydrogen-bond donors (Lipinski definition) is 0. The van der Waals surface area contributed by atoms with Crippen LogP contribution in [0.4, 0.5) is 22.0 Å². The third kappa shape index (κ3) is 5.23. The fraction of sp³-hybridized carbons (Fsp3) is 0.457. The van der Waals surface area contributed by atoms with Gasteiger partial charge in [0.25, 0.3) is 0 Å². The predicted molar refractivity (Wildman–Crippen MR) is 157 cm³/mol. The van der Waals surface area contributed by atoms with E-state index in [1.165, 1.54) is 12.1 Å². The van der Waals surface area contributed by atoms with E-state index in [-0.39, 0.29) is 47.7 Å². The zero-order chi connectivity index (χ0) is 31.7. The lowest BCUT2D eigenvalue weighted by atomic mass is 9.54. The Morgan fingerprint density at radius 2 is 1.61 bits per heavy atom. The lowest BCUT2D eigenvalue weighted by Crippen LogP contribution is -2.51. The van der Waals surface area contributed by atoms with Crippen molar-refractivity contribution in [1.29, 1.82) is 0 Å². The van der Waals surface area contributed by atoms with Gasteiger partial charge in [0.1, 0.15) is 0 Å². The van der Waals surface area contributed by atoms with Crippen molar-refractivity contribution in [3.63, 3.8) is 0 Å². The first-order chi connectivity index (χ1) is 20.6. The fourth-order valence-corrected chi connectivity index (χ4v) is 9.12. The molecule has 5 unspecified atom stereocenters. The van der Waals surface area contributed by atoms with E-state index in [4.69, 9.17) is 0 Å². The molecule has 0 radical (unpaired) electrons. The second-order valence-corrected chi connectivity index (χ2v) is 15.0. The van der Waals surface area contributed by atoms with E-state index in [2.05, 4.69) is 11.8 Å². The lowest BCUT2D eigenvalue weighted by molar-refractivity contribution is -0.314. The van der Waals surface area contributed by atoms with E-state index < -0.39 is 33.3 Å². The molecule has 9 heteroatoms. The average molecular weight is 629 g/mol. The first-order valence-corrected chi connectivity index (χ1v) is 16.8. The molecule has 6 rings (SSSR count). The second-order valence-electron chi connectivity index (χ2n) is 13.0. The van der Waals surface area contributed by atoms with Gasteiger partial charge in [-0.05, 0) is 109 Å². The standard InChI is InChI=1S/C35H33F5O3S/c1-33-17-16-28-27(30(33)14-15-31(33)34(36,37)35(38,39)40)13-12-24-19-25(41)20-29(32(24)28)23-10-8-21(9-11-23)6-7-22-4-3-5-26(18-22)44(2,42)43/h3-5,8-11,18-19,27,29-31H,12-17,20H2,1-2H3. The smallest absolute Gasteiger partial charge is 0.295 e. The monoisotopic (exact) mass is 628 g/mol. The van der Waals surface area contributed by atoms with Crippen molar-refractivity contribution in [2.24, 2.45) is 23.2 Å². The zero-order valence-electron chi connectivity index (χ0n) is 24.5. The maximum absolute atomic E-state index is 14.7. The van der Waals surface area contributed by atoms with E-state index in [1.54, 1.807) is 25.1 Å². The fourth-order valence-electron chi connectivity index (χ4n) is 8.46. The molecule has 2 fully saturated rings. The van der Waals surface area contributed by atoms with Gasteiger partial charge in [0.2, 0.25) is 0 Å². The molecule has 0 aromatic heterocycles. The van der Waals surface area contributed by atoms with Crippen LogP contribution in [0.1, 0.15) is 74.5 Å². The Morgan fingerprint density at radius 1 is 0.909 bits per heavy atom. The molecule has 2 saturated carbocycles. The van der Waals surface area contributed by atoms with E-state index in [9.17, 15) is 35.2 Å². The van der Waals surface area contributed by atoms with Crippen molar-refractivity contribution in [1.82, 2.24) is 0 Å². The van der Waals surface area contributed by atoms with E-state index in [0.717, 1.165) is 28.5 Å². The largest absolute Gasteiger partial charge is 0.453 e. The highest BCUT2D eigenvalue weighted by atomic mass is 32.2. The van der Waals surface area contributed by atoms with Crippen LogP contribution in [0.2, 0.25) is 0 Å². The number of alkyl halides is 5. The maximum Gasteiger partial charge on any atom is 0.453 e. The quantitative estimate of drug-likeness (QED) is 0.254. The molecular weight excluding hydrogens is 595 g/mol. The number of carbonyl (C=O) groups is 1. The van der Waals surface area contributed by atoms with E-state index in [0.29, 0.717) is 36.8 Å². The van der Waals surface area contributed by atoms with Gasteiger partial charge in [0.15, 0.2) is 15.6 Å². The minimum absolute atomic E-state index is 0.0221. The number of halogens is 5. The SMILES string of the molecule is CC12CCC3=C4C(=CC(=O)CC4c4ccc(C#Cc5cccc(S(C)(=O)=O)c5)cc4)CCC3C1CCC2C(F)(F)C(F)(F)F. The van der Waals surface area contributed by atoms with Gasteiger partial charge < -0.3 is 0 Å². The third-order valence-corrected chi connectivity index (χ3v) is 11.6. The highest BCUT2D eigenvalue weighted by Gasteiger charge is 2.70. The lowest BCUT2D eigenvalue weighted by Gasteiger charge is -2.51. The van der Waals surface area contributed by atoms with Crippen molar-refractivity contribution in [2.45, 2.75) is 74.8 Å². The van der Waals surface area contributed by atoms with Gasteiger partial charge >= 0.3 is 12.1 Å². The molecule has 0 spiro atoms. The molecule has 3 nitrogen and oxygen atoms in total. The molecule has 44 heavy (non-hydrogen) atoms. The summed E-state index contributed by atoms with van der Waals surface area (Å²) in [5, 5.41) is 0. The Hall–Kier alpha value is -3.25. The number of ketones is 1. The molecule has 2 aromatic rings. The van der Waals surface area contributed by atoms with Gasteiger partial charge in [-0.1, -0.05) is 42.5 Å². The minimum Gasteiger partial charge on any atom is -0.295 e. The van der Waals surface area contributed by atoms with Crippen LogP contribution in [-0.4, -0.2) is 32.6 Å². The summed E-state index contributed by atoms with van der Waals surface area (Å²) in [6.07, 6.45) is -0.265. The Labute approximate surface area is 254 Å². The molecule has 0 aliphatic heterocycles. The van der Waals surface area contributed by atoms with Crippen LogP contribution in [0.5, 0.6) is 0 Å². The minimum atomic E-state index is -5.57. The van der Waals surface area contributed by atoms with Crippen LogP contribution >= 0.6 is 0 Å². The number of rotatable bonds is 3. The number of carbonyl (C=O) groups excluding carboxylic acids is 1. The van der Waals surface area contributed by atoms with Gasteiger partial charge in [-0.2, -0.15) is 22.0 Å². The first kappa shape index (κ1) is 30.8. The zero-order valence-corrected chi connectivity index (χ0v) is 25.3. The number of benzene rings is 2. The van der Waals surface area contributed by atoms with Crippen LogP contribution in [0, 0.1) is 35.0 Å². The molecule has 0 saturated heterocycles. The molecule has 4 aliphatic rings. The van der Waals surface area contributed by atoms with Crippen molar-refractivity contribution < 1.29 is 35.2 Å². The van der Waals surface area contributed by atoms with Crippen LogP contribution in [0.15, 0.2) is 76.2 Å². The van der Waals surface area contributed by atoms with Gasteiger partial charge in [0, 0.05) is 35.6 Å². The first-order valence-electron chi connectivity index (χ1n) is 14.9. The Bertz CT molecular complexity index is 1740. The molecule has 0 amide bonds. The number of hydrogen-bond acceptors (Lipinski definition) is 3. The Morgan fingerprint density at radius 3 is 2.30 bits per heavy atom. The average Bonchev–Trinajstić information content (AvgIpc) is 3.33. The van der Waals surface area contributed by atoms with Crippen LogP contribution in [0.25, 0.3) is 0 Å². The van der Waals surface area contributed by atoms with Crippen LogP contribution in [-0.2, 0) is 14.6 Å². The number of allylic oxidation sites excluding steroid dienone is 4. The van der Waals surface area contributed by atoms with Crippen LogP contribution in [0.3, 0.4) is 0 Å². The molecule has 0 N–H and O–H groups in total. The maximum atomic E-state index is 14.7. The molecule has 0 heterocycles. The van der Waals surface area contributed by atoms with Gasteiger partial charge in [-0.15, -0.1) is 0 Å². The predicted octanol–water partition coefficient (Wildman–Crippen LogP) is 8.20. The molecular formula is C35H33F5O3S. The van der Waals surface area contributed by atoms with Crippen LogP contribution < -0.4 is 0 Å². The highest BCUT2D eigenvalue weighted by molar-refractivity contribution is 7.90. The topological polar surface area (TPSA) is 51.2 Å². The van der Waals surface area contributed by atoms with E-state index >= 15 is 0 Å². The van der Waals surface area contributed by atoms with Crippen molar-refractivity contribution in [3.8, 4) is 11.8 Å². The third-order valence-electron chi connectivity index (χ3n) is 10.5. The summed E-state index contributed by atoms with van der Waals surface area (Å²) in [5.74, 6) is -0.907. The molecule has 232 valence electrons. The number of fused-ring (bicyclic) bond motifs is 4. The van der Waals surface area contributed by atoms with Crippen molar-refractivity contribution in [2.75, 3.05) is 6.26 Å². The van der Waals surface area contributed by atoms with Crippen molar-refractivity contribution >= 4 is 15.6 Å². The molecule has 5 atom stereocenters. The summed E-state index contributed by atoms with van der Waals surface area (Å²) < 4.78 is 93.5. The molecule has 2 aromatic carbocycles. The summed E-state index contributed by atoms with van der Waals surface area (Å²) in [6.45, 7) is 1.64. The Balaban J connectivity index is 1.30. The van der Waals surface area contributed by atoms with E-state index in [1.807, 2.05) is 24.3 Å². The Kier molecular flexibility index (Phi) is 7.47. The summed E-state index contributed by atoms with van der Waals surface area (Å²) in [4.78, 5) is 13.0. The highest BCUT2D eigenvalue weighted by Crippen LogP contribution is 2.67.